The van der Waals surface area contributed by atoms with Gasteiger partial charge in [-0.1, -0.05) is 61.3 Å². The molecule has 1 unspecified atom stereocenters. The van der Waals surface area contributed by atoms with Gasteiger partial charge < -0.3 is 0 Å². The number of rotatable bonds is 6. The van der Waals surface area contributed by atoms with E-state index in [4.69, 9.17) is 0 Å². The second kappa shape index (κ2) is 5.19. The summed E-state index contributed by atoms with van der Waals surface area (Å²) in [4.78, 5) is 0. The first kappa shape index (κ1) is 14.0. The molecule has 14 heavy (non-hydrogen) atoms. The Morgan fingerprint density at radius 3 is 1.64 bits per heavy atom. The minimum atomic E-state index is 0.533. The molecular weight excluding hydrogens is 168 g/mol. The Morgan fingerprint density at radius 1 is 0.857 bits per heavy atom. The Hall–Kier alpha value is 0. The minimum Gasteiger partial charge on any atom is -0.0649 e. The molecule has 0 saturated heterocycles. The van der Waals surface area contributed by atoms with Crippen LogP contribution in [0, 0.1) is 16.7 Å². The lowest BCUT2D eigenvalue weighted by Gasteiger charge is -2.36. The van der Waals surface area contributed by atoms with E-state index in [9.17, 15) is 0 Å². The topological polar surface area (TPSA) is 0 Å². The van der Waals surface area contributed by atoms with Crippen LogP contribution in [0.25, 0.3) is 0 Å². The summed E-state index contributed by atoms with van der Waals surface area (Å²) in [5.41, 5.74) is 1.08. The van der Waals surface area contributed by atoms with Crippen LogP contribution >= 0.6 is 0 Å². The molecule has 0 heterocycles. The highest BCUT2D eigenvalue weighted by molar-refractivity contribution is 4.79. The quantitative estimate of drug-likeness (QED) is 0.545. The molecular formula is C14H30. The van der Waals surface area contributed by atoms with Gasteiger partial charge in [0.05, 0.1) is 0 Å². The normalized spacial score (nSPS) is 17.1. The molecule has 0 aromatic carbocycles. The molecule has 0 rings (SSSR count). The first-order valence-electron chi connectivity index (χ1n) is 6.27. The van der Waals surface area contributed by atoms with Crippen molar-refractivity contribution in [1.29, 1.82) is 0 Å². The maximum atomic E-state index is 2.45. The van der Waals surface area contributed by atoms with Gasteiger partial charge in [-0.2, -0.15) is 0 Å². The molecule has 0 spiro atoms. The highest BCUT2D eigenvalue weighted by Crippen LogP contribution is 2.40. The van der Waals surface area contributed by atoms with E-state index in [1.54, 1.807) is 0 Å². The van der Waals surface area contributed by atoms with E-state index in [2.05, 4.69) is 48.5 Å². The molecule has 0 fully saturated rings. The van der Waals surface area contributed by atoms with Gasteiger partial charge in [-0.25, -0.2) is 0 Å². The van der Waals surface area contributed by atoms with E-state index < -0.39 is 0 Å². The Kier molecular flexibility index (Phi) is 5.19. The first-order valence-corrected chi connectivity index (χ1v) is 6.27. The van der Waals surface area contributed by atoms with Crippen LogP contribution in [-0.2, 0) is 0 Å². The Balaban J connectivity index is 4.21. The summed E-state index contributed by atoms with van der Waals surface area (Å²) >= 11 is 0. The van der Waals surface area contributed by atoms with Gasteiger partial charge in [0.1, 0.15) is 0 Å². The van der Waals surface area contributed by atoms with E-state index in [0.29, 0.717) is 10.8 Å². The zero-order chi connectivity index (χ0) is 11.4. The molecule has 0 aliphatic carbocycles. The lowest BCUT2D eigenvalue weighted by atomic mass is 9.70. The molecule has 0 aromatic rings. The van der Waals surface area contributed by atoms with E-state index in [0.717, 1.165) is 5.92 Å². The highest BCUT2D eigenvalue weighted by atomic mass is 14.3. The standard InChI is InChI=1S/C14H30/c1-8-13(5,6)10-11-14(7,9-2)12(3)4/h12H,8-11H2,1-7H3. The monoisotopic (exact) mass is 198 g/mol. The first-order chi connectivity index (χ1) is 6.27. The van der Waals surface area contributed by atoms with Crippen LogP contribution in [-0.4, -0.2) is 0 Å². The molecule has 1 atom stereocenters. The van der Waals surface area contributed by atoms with Gasteiger partial charge in [-0.15, -0.1) is 0 Å². The van der Waals surface area contributed by atoms with Crippen molar-refractivity contribution >= 4 is 0 Å². The summed E-state index contributed by atoms with van der Waals surface area (Å²) in [6, 6.07) is 0. The summed E-state index contributed by atoms with van der Waals surface area (Å²) in [5.74, 6) is 0.806. The zero-order valence-electron chi connectivity index (χ0n) is 11.4. The summed E-state index contributed by atoms with van der Waals surface area (Å²) in [6.45, 7) is 16.6. The third-order valence-corrected chi connectivity index (χ3v) is 4.53. The van der Waals surface area contributed by atoms with Gasteiger partial charge in [0.25, 0.3) is 0 Å². The van der Waals surface area contributed by atoms with Crippen LogP contribution in [0.3, 0.4) is 0 Å². The SMILES string of the molecule is CCC(C)(C)CCC(C)(CC)C(C)C. The summed E-state index contributed by atoms with van der Waals surface area (Å²) in [6.07, 6.45) is 5.35. The fraction of sp³-hybridized carbons (Fsp3) is 1.00. The van der Waals surface area contributed by atoms with Crippen molar-refractivity contribution in [3.63, 3.8) is 0 Å². The van der Waals surface area contributed by atoms with E-state index in [1.807, 2.05) is 0 Å². The van der Waals surface area contributed by atoms with Crippen molar-refractivity contribution < 1.29 is 0 Å². The second-order valence-electron chi connectivity index (χ2n) is 6.18. The zero-order valence-corrected chi connectivity index (χ0v) is 11.4. The average Bonchev–Trinajstić information content (AvgIpc) is 2.14. The smallest absolute Gasteiger partial charge is 0.0305 e. The molecule has 0 radical (unpaired) electrons. The molecule has 0 amide bonds. The van der Waals surface area contributed by atoms with Crippen molar-refractivity contribution in [1.82, 2.24) is 0 Å². The molecule has 0 aliphatic heterocycles. The molecule has 0 aliphatic rings. The van der Waals surface area contributed by atoms with Crippen LogP contribution in [0.1, 0.15) is 74.1 Å². The predicted octanol–water partition coefficient (Wildman–Crippen LogP) is 5.28. The van der Waals surface area contributed by atoms with Crippen molar-refractivity contribution in [3.05, 3.63) is 0 Å². The van der Waals surface area contributed by atoms with Gasteiger partial charge in [0.15, 0.2) is 0 Å². The van der Waals surface area contributed by atoms with Crippen molar-refractivity contribution in [2.45, 2.75) is 74.1 Å². The predicted molar refractivity (Wildman–Crippen MR) is 66.5 cm³/mol. The van der Waals surface area contributed by atoms with Gasteiger partial charge in [0, 0.05) is 0 Å². The lowest BCUT2D eigenvalue weighted by Crippen LogP contribution is -2.25. The lowest BCUT2D eigenvalue weighted by molar-refractivity contribution is 0.151. The summed E-state index contributed by atoms with van der Waals surface area (Å²) in [7, 11) is 0. The van der Waals surface area contributed by atoms with Gasteiger partial charge in [-0.3, -0.25) is 0 Å². The fourth-order valence-corrected chi connectivity index (χ4v) is 1.67. The third-order valence-electron chi connectivity index (χ3n) is 4.53. The van der Waals surface area contributed by atoms with Crippen LogP contribution in [0.15, 0.2) is 0 Å². The minimum absolute atomic E-state index is 0.533. The highest BCUT2D eigenvalue weighted by Gasteiger charge is 2.28. The van der Waals surface area contributed by atoms with E-state index >= 15 is 0 Å². The van der Waals surface area contributed by atoms with E-state index in [1.165, 1.54) is 25.7 Å². The molecule has 0 saturated carbocycles. The average molecular weight is 198 g/mol. The molecule has 0 heteroatoms. The molecule has 0 aromatic heterocycles. The van der Waals surface area contributed by atoms with Crippen LogP contribution in [0.2, 0.25) is 0 Å². The third kappa shape index (κ3) is 4.02. The Bertz CT molecular complexity index is 155. The van der Waals surface area contributed by atoms with Gasteiger partial charge in [0.2, 0.25) is 0 Å². The fourth-order valence-electron chi connectivity index (χ4n) is 1.67. The number of hydrogen-bond acceptors (Lipinski definition) is 0. The van der Waals surface area contributed by atoms with E-state index in [-0.39, 0.29) is 0 Å². The van der Waals surface area contributed by atoms with Crippen LogP contribution in [0.4, 0.5) is 0 Å². The molecule has 0 N–H and O–H groups in total. The number of hydrogen-bond donors (Lipinski definition) is 0. The Morgan fingerprint density at radius 2 is 1.36 bits per heavy atom. The maximum Gasteiger partial charge on any atom is -0.0305 e. The van der Waals surface area contributed by atoms with Crippen molar-refractivity contribution in [2.75, 3.05) is 0 Å². The second-order valence-corrected chi connectivity index (χ2v) is 6.18. The van der Waals surface area contributed by atoms with Crippen molar-refractivity contribution in [2.24, 2.45) is 16.7 Å². The molecule has 0 nitrogen and oxygen atoms in total. The van der Waals surface area contributed by atoms with Crippen molar-refractivity contribution in [3.8, 4) is 0 Å². The molecule has 86 valence electrons. The van der Waals surface area contributed by atoms with Gasteiger partial charge in [-0.05, 0) is 29.6 Å². The summed E-state index contributed by atoms with van der Waals surface area (Å²) < 4.78 is 0. The maximum absolute atomic E-state index is 2.45. The summed E-state index contributed by atoms with van der Waals surface area (Å²) in [5, 5.41) is 0. The molecule has 0 bridgehead atoms. The Labute approximate surface area is 91.5 Å². The van der Waals surface area contributed by atoms with Crippen LogP contribution < -0.4 is 0 Å². The van der Waals surface area contributed by atoms with Crippen LogP contribution in [0.5, 0.6) is 0 Å². The largest absolute Gasteiger partial charge is 0.0649 e. The van der Waals surface area contributed by atoms with Gasteiger partial charge >= 0.3 is 0 Å².